The highest BCUT2D eigenvalue weighted by atomic mass is 35.5. The Bertz CT molecular complexity index is 702. The highest BCUT2D eigenvalue weighted by Gasteiger charge is 2.19. The van der Waals surface area contributed by atoms with Gasteiger partial charge in [-0.3, -0.25) is 4.79 Å². The van der Waals surface area contributed by atoms with Crippen LogP contribution in [0.3, 0.4) is 0 Å². The Morgan fingerprint density at radius 2 is 2.17 bits per heavy atom. The average Bonchev–Trinajstić information content (AvgIpc) is 2.91. The van der Waals surface area contributed by atoms with Gasteiger partial charge in [-0.15, -0.1) is 0 Å². The first kappa shape index (κ1) is 17.7. The maximum Gasteiger partial charge on any atom is 0.326 e. The SMILES string of the molecule is CSCC[C@@H](NC(=O)CCn1ccc2ccc(Cl)cc21)C(=O)O. The highest BCUT2D eigenvalue weighted by molar-refractivity contribution is 7.98. The van der Waals surface area contributed by atoms with Crippen LogP contribution in [0.25, 0.3) is 10.9 Å². The predicted molar refractivity (Wildman–Crippen MR) is 94.1 cm³/mol. The molecule has 1 aromatic heterocycles. The number of aliphatic carboxylic acids is 1. The monoisotopic (exact) mass is 354 g/mol. The molecule has 5 nitrogen and oxygen atoms in total. The number of carbonyl (C=O) groups is 2. The van der Waals surface area contributed by atoms with Crippen LogP contribution in [0.4, 0.5) is 0 Å². The van der Waals surface area contributed by atoms with Gasteiger partial charge >= 0.3 is 5.97 Å². The molecule has 0 aliphatic rings. The van der Waals surface area contributed by atoms with Crippen LogP contribution in [-0.4, -0.2) is 39.6 Å². The van der Waals surface area contributed by atoms with Crippen molar-refractivity contribution in [3.8, 4) is 0 Å². The lowest BCUT2D eigenvalue weighted by atomic mass is 10.2. The zero-order chi connectivity index (χ0) is 16.8. The summed E-state index contributed by atoms with van der Waals surface area (Å²) in [5.41, 5.74) is 0.961. The minimum absolute atomic E-state index is 0.222. The number of fused-ring (bicyclic) bond motifs is 1. The van der Waals surface area contributed by atoms with Crippen LogP contribution in [0, 0.1) is 0 Å². The second-order valence-corrected chi connectivity index (χ2v) is 6.62. The Morgan fingerprint density at radius 3 is 2.87 bits per heavy atom. The van der Waals surface area contributed by atoms with Crippen molar-refractivity contribution < 1.29 is 14.7 Å². The van der Waals surface area contributed by atoms with Gasteiger partial charge in [0.25, 0.3) is 0 Å². The zero-order valence-corrected chi connectivity index (χ0v) is 14.4. The maximum atomic E-state index is 12.0. The number of carbonyl (C=O) groups excluding carboxylic acids is 1. The number of nitrogens with one attached hydrogen (secondary N) is 1. The highest BCUT2D eigenvalue weighted by Crippen LogP contribution is 2.20. The molecule has 1 aromatic carbocycles. The minimum atomic E-state index is -0.995. The molecule has 0 saturated heterocycles. The molecule has 23 heavy (non-hydrogen) atoms. The number of nitrogens with zero attached hydrogens (tertiary/aromatic N) is 1. The molecule has 0 aliphatic heterocycles. The second kappa shape index (κ2) is 8.26. The van der Waals surface area contributed by atoms with Gasteiger partial charge in [0.05, 0.1) is 0 Å². The molecule has 0 saturated carbocycles. The number of hydrogen-bond acceptors (Lipinski definition) is 3. The van der Waals surface area contributed by atoms with Gasteiger partial charge in [0.2, 0.25) is 5.91 Å². The van der Waals surface area contributed by atoms with E-state index in [0.29, 0.717) is 23.7 Å². The number of aryl methyl sites for hydroxylation is 1. The van der Waals surface area contributed by atoms with E-state index in [2.05, 4.69) is 5.32 Å². The summed E-state index contributed by atoms with van der Waals surface area (Å²) in [5.74, 6) is -0.564. The number of aromatic nitrogens is 1. The summed E-state index contributed by atoms with van der Waals surface area (Å²) in [6.45, 7) is 0.477. The van der Waals surface area contributed by atoms with Crippen molar-refractivity contribution in [3.05, 3.63) is 35.5 Å². The summed E-state index contributed by atoms with van der Waals surface area (Å²) < 4.78 is 1.94. The van der Waals surface area contributed by atoms with Crippen LogP contribution in [0.15, 0.2) is 30.5 Å². The lowest BCUT2D eigenvalue weighted by molar-refractivity contribution is -0.141. The molecule has 0 spiro atoms. The molecule has 124 valence electrons. The number of amides is 1. The third-order valence-electron chi connectivity index (χ3n) is 3.56. The van der Waals surface area contributed by atoms with Crippen molar-refractivity contribution in [2.75, 3.05) is 12.0 Å². The fraction of sp³-hybridized carbons (Fsp3) is 0.375. The van der Waals surface area contributed by atoms with Crippen molar-refractivity contribution in [1.29, 1.82) is 0 Å². The summed E-state index contributed by atoms with van der Waals surface area (Å²) in [7, 11) is 0. The van der Waals surface area contributed by atoms with Gasteiger partial charge in [-0.25, -0.2) is 4.79 Å². The zero-order valence-electron chi connectivity index (χ0n) is 12.8. The first-order chi connectivity index (χ1) is 11.0. The van der Waals surface area contributed by atoms with Crippen LogP contribution in [0.2, 0.25) is 5.02 Å². The molecule has 7 heteroatoms. The number of thioether (sulfide) groups is 1. The summed E-state index contributed by atoms with van der Waals surface area (Å²) in [6, 6.07) is 6.74. The lowest BCUT2D eigenvalue weighted by Gasteiger charge is -2.14. The number of carboxylic acids is 1. The summed E-state index contributed by atoms with van der Waals surface area (Å²) >= 11 is 7.56. The predicted octanol–water partition coefficient (Wildman–Crippen LogP) is 3.01. The first-order valence-electron chi connectivity index (χ1n) is 7.26. The smallest absolute Gasteiger partial charge is 0.326 e. The lowest BCUT2D eigenvalue weighted by Crippen LogP contribution is -2.41. The molecule has 0 radical (unpaired) electrons. The van der Waals surface area contributed by atoms with Crippen LogP contribution >= 0.6 is 23.4 Å². The van der Waals surface area contributed by atoms with Crippen LogP contribution in [-0.2, 0) is 16.1 Å². The minimum Gasteiger partial charge on any atom is -0.480 e. The van der Waals surface area contributed by atoms with E-state index in [4.69, 9.17) is 16.7 Å². The van der Waals surface area contributed by atoms with Crippen molar-refractivity contribution >= 4 is 46.1 Å². The first-order valence-corrected chi connectivity index (χ1v) is 9.04. The van der Waals surface area contributed by atoms with Crippen molar-refractivity contribution in [2.24, 2.45) is 0 Å². The number of benzene rings is 1. The van der Waals surface area contributed by atoms with Gasteiger partial charge in [0, 0.05) is 29.7 Å². The van der Waals surface area contributed by atoms with Gasteiger partial charge in [0.15, 0.2) is 0 Å². The third-order valence-corrected chi connectivity index (χ3v) is 4.44. The van der Waals surface area contributed by atoms with E-state index < -0.39 is 12.0 Å². The molecular formula is C16H19ClN2O3S. The number of hydrogen-bond donors (Lipinski definition) is 2. The molecular weight excluding hydrogens is 336 g/mol. The average molecular weight is 355 g/mol. The number of halogens is 1. The van der Waals surface area contributed by atoms with Crippen LogP contribution in [0.5, 0.6) is 0 Å². The number of rotatable bonds is 8. The Hall–Kier alpha value is -1.66. The van der Waals surface area contributed by atoms with Gasteiger partial charge in [0.1, 0.15) is 6.04 Å². The fourth-order valence-corrected chi connectivity index (χ4v) is 2.97. The van der Waals surface area contributed by atoms with E-state index in [-0.39, 0.29) is 12.3 Å². The molecule has 0 bridgehead atoms. The van der Waals surface area contributed by atoms with Gasteiger partial charge in [-0.1, -0.05) is 17.7 Å². The largest absolute Gasteiger partial charge is 0.480 e. The standard InChI is InChI=1S/C16H19ClN2O3S/c1-23-9-6-13(16(21)22)18-15(20)5-8-19-7-4-11-2-3-12(17)10-14(11)19/h2-4,7,10,13H,5-6,8-9H2,1H3,(H,18,20)(H,21,22)/t13-/m1/s1. The quantitative estimate of drug-likeness (QED) is 0.764. The molecule has 0 aliphatic carbocycles. The van der Waals surface area contributed by atoms with Crippen LogP contribution in [0.1, 0.15) is 12.8 Å². The van der Waals surface area contributed by atoms with E-state index in [1.165, 1.54) is 0 Å². The van der Waals surface area contributed by atoms with E-state index in [0.717, 1.165) is 10.9 Å². The van der Waals surface area contributed by atoms with E-state index >= 15 is 0 Å². The normalized spacial score (nSPS) is 12.3. The second-order valence-electron chi connectivity index (χ2n) is 5.20. The Balaban J connectivity index is 1.94. The Morgan fingerprint density at radius 1 is 1.39 bits per heavy atom. The summed E-state index contributed by atoms with van der Waals surface area (Å²) in [4.78, 5) is 23.1. The molecule has 1 amide bonds. The molecule has 1 heterocycles. The molecule has 2 rings (SSSR count). The topological polar surface area (TPSA) is 71.3 Å². The molecule has 1 atom stereocenters. The summed E-state index contributed by atoms with van der Waals surface area (Å²) in [6.07, 6.45) is 4.45. The Kier molecular flexibility index (Phi) is 6.36. The molecule has 0 fully saturated rings. The van der Waals surface area contributed by atoms with Crippen LogP contribution < -0.4 is 5.32 Å². The molecule has 2 N–H and O–H groups in total. The van der Waals surface area contributed by atoms with Crippen molar-refractivity contribution in [2.45, 2.75) is 25.4 Å². The van der Waals surface area contributed by atoms with E-state index in [9.17, 15) is 9.59 Å². The van der Waals surface area contributed by atoms with E-state index in [1.54, 1.807) is 11.8 Å². The van der Waals surface area contributed by atoms with Gasteiger partial charge in [-0.05, 0) is 42.0 Å². The summed E-state index contributed by atoms with van der Waals surface area (Å²) in [5, 5.41) is 13.4. The Labute approximate surface area is 144 Å². The third kappa shape index (κ3) is 4.91. The fourth-order valence-electron chi connectivity index (χ4n) is 2.33. The van der Waals surface area contributed by atoms with Gasteiger partial charge in [-0.2, -0.15) is 11.8 Å². The van der Waals surface area contributed by atoms with E-state index in [1.807, 2.05) is 41.3 Å². The molecule has 0 unspecified atom stereocenters. The molecule has 2 aromatic rings. The van der Waals surface area contributed by atoms with Gasteiger partial charge < -0.3 is 15.0 Å². The van der Waals surface area contributed by atoms with Crippen molar-refractivity contribution in [3.63, 3.8) is 0 Å². The maximum absolute atomic E-state index is 12.0. The van der Waals surface area contributed by atoms with Crippen molar-refractivity contribution in [1.82, 2.24) is 9.88 Å². The number of carboxylic acid groups (broad SMARTS) is 1.